The lowest BCUT2D eigenvalue weighted by Gasteiger charge is -2.16. The minimum atomic E-state index is -5.66. The number of thiophene rings is 1. The second-order valence-corrected chi connectivity index (χ2v) is 8.59. The predicted molar refractivity (Wildman–Crippen MR) is 113 cm³/mol. The second kappa shape index (κ2) is 9.84. The van der Waals surface area contributed by atoms with Crippen molar-refractivity contribution in [1.29, 1.82) is 0 Å². The van der Waals surface area contributed by atoms with Crippen LogP contribution in [0, 0.1) is 23.3 Å². The molecule has 0 spiro atoms. The van der Waals surface area contributed by atoms with E-state index in [1.807, 2.05) is 5.32 Å². The number of esters is 1. The van der Waals surface area contributed by atoms with Gasteiger partial charge in [-0.15, -0.1) is 11.3 Å². The van der Waals surface area contributed by atoms with E-state index >= 15 is 0 Å². The topological polar surface area (TPSA) is 50.4 Å². The number of hydrogen-bond acceptors (Lipinski definition) is 4. The highest BCUT2D eigenvalue weighted by Gasteiger charge is 2.42. The monoisotopic (exact) mass is 514 g/mol. The fourth-order valence-corrected chi connectivity index (χ4v) is 5.04. The molecule has 0 radical (unpaired) electrons. The molecule has 180 valence electrons. The molecule has 0 fully saturated rings. The van der Waals surface area contributed by atoms with Crippen molar-refractivity contribution < 1.29 is 40.3 Å². The van der Waals surface area contributed by atoms with Crippen molar-refractivity contribution in [3.63, 3.8) is 0 Å². The molecule has 1 aliphatic rings. The standard InChI is InChI=1S/C20H17F7N2O2S2/c1-2-31-18(30)10-8-6-4-3-5-7-9(8)33-17(10)29-19(32)28-16-14(23)12(21)11(20(25,26)27)13(22)15(16)24/h2-7H2,1H3,(H2,28,29,32). The van der Waals surface area contributed by atoms with Crippen LogP contribution in [-0.2, 0) is 23.8 Å². The van der Waals surface area contributed by atoms with Crippen LogP contribution < -0.4 is 10.6 Å². The van der Waals surface area contributed by atoms with E-state index in [0.29, 0.717) is 12.8 Å². The second-order valence-electron chi connectivity index (χ2n) is 7.07. The van der Waals surface area contributed by atoms with Crippen molar-refractivity contribution in [2.45, 2.75) is 45.2 Å². The number of carbonyl (C=O) groups excluding carboxylic acids is 1. The quantitative estimate of drug-likeness (QED) is 0.159. The van der Waals surface area contributed by atoms with E-state index in [0.717, 1.165) is 29.7 Å². The molecule has 3 rings (SSSR count). The van der Waals surface area contributed by atoms with E-state index < -0.39 is 51.8 Å². The number of halogens is 7. The summed E-state index contributed by atoms with van der Waals surface area (Å²) < 4.78 is 99.4. The van der Waals surface area contributed by atoms with Crippen molar-refractivity contribution in [3.8, 4) is 0 Å². The lowest BCUT2D eigenvalue weighted by molar-refractivity contribution is -0.143. The molecular weight excluding hydrogens is 497 g/mol. The third-order valence-corrected chi connectivity index (χ3v) is 6.32. The van der Waals surface area contributed by atoms with Crippen molar-refractivity contribution in [2.24, 2.45) is 0 Å². The van der Waals surface area contributed by atoms with Gasteiger partial charge in [0, 0.05) is 4.88 Å². The first-order valence-electron chi connectivity index (χ1n) is 9.80. The maximum atomic E-state index is 14.2. The Labute approximate surface area is 193 Å². The summed E-state index contributed by atoms with van der Waals surface area (Å²) in [4.78, 5) is 13.4. The molecule has 0 saturated heterocycles. The number of thiocarbonyl (C=S) groups is 1. The first-order chi connectivity index (χ1) is 15.5. The predicted octanol–water partition coefficient (Wildman–Crippen LogP) is 6.58. The summed E-state index contributed by atoms with van der Waals surface area (Å²) in [6.45, 7) is 1.70. The van der Waals surface area contributed by atoms with E-state index in [4.69, 9.17) is 17.0 Å². The smallest absolute Gasteiger partial charge is 0.422 e. The average molecular weight is 514 g/mol. The molecule has 4 nitrogen and oxygen atoms in total. The minimum absolute atomic E-state index is 0.0894. The Morgan fingerprint density at radius 1 is 1.00 bits per heavy atom. The van der Waals surface area contributed by atoms with Crippen LogP contribution in [-0.4, -0.2) is 17.7 Å². The maximum absolute atomic E-state index is 14.2. The number of hydrogen-bond donors (Lipinski definition) is 2. The SMILES string of the molecule is CCOC(=O)c1c(NC(=S)Nc2c(F)c(F)c(C(F)(F)F)c(F)c2F)sc2c1CCCCC2. The Hall–Kier alpha value is -2.41. The molecule has 0 amide bonds. The Bertz CT molecular complexity index is 1070. The normalized spacial score (nSPS) is 13.8. The number of benzene rings is 1. The van der Waals surface area contributed by atoms with Crippen LogP contribution in [0.4, 0.5) is 41.4 Å². The van der Waals surface area contributed by atoms with Crippen molar-refractivity contribution in [3.05, 3.63) is 44.8 Å². The van der Waals surface area contributed by atoms with Gasteiger partial charge >= 0.3 is 12.1 Å². The van der Waals surface area contributed by atoms with Crippen molar-refractivity contribution in [2.75, 3.05) is 17.2 Å². The number of rotatable bonds is 4. The number of ether oxygens (including phenoxy) is 1. The van der Waals surface area contributed by atoms with E-state index in [2.05, 4.69) is 5.32 Å². The largest absolute Gasteiger partial charge is 0.462 e. The van der Waals surface area contributed by atoms with Crippen molar-refractivity contribution >= 4 is 45.3 Å². The van der Waals surface area contributed by atoms with E-state index in [9.17, 15) is 35.5 Å². The van der Waals surface area contributed by atoms with Gasteiger partial charge < -0.3 is 15.4 Å². The Morgan fingerprint density at radius 2 is 1.61 bits per heavy atom. The lowest BCUT2D eigenvalue weighted by Crippen LogP contribution is -2.24. The Morgan fingerprint density at radius 3 is 2.18 bits per heavy atom. The molecule has 13 heteroatoms. The summed E-state index contributed by atoms with van der Waals surface area (Å²) in [5.41, 5.74) is -3.28. The van der Waals surface area contributed by atoms with E-state index in [1.54, 1.807) is 6.92 Å². The molecule has 0 saturated carbocycles. The van der Waals surface area contributed by atoms with Gasteiger partial charge in [0.1, 0.15) is 16.3 Å². The van der Waals surface area contributed by atoms with E-state index in [-0.39, 0.29) is 17.2 Å². The molecule has 0 bridgehead atoms. The summed E-state index contributed by atoms with van der Waals surface area (Å²) in [5, 5.41) is 4.00. The number of carbonyl (C=O) groups is 1. The average Bonchev–Trinajstić information content (AvgIpc) is 2.89. The van der Waals surface area contributed by atoms with Gasteiger partial charge in [0.2, 0.25) is 0 Å². The van der Waals surface area contributed by atoms with Crippen LogP contribution in [0.25, 0.3) is 0 Å². The van der Waals surface area contributed by atoms with Gasteiger partial charge in [-0.25, -0.2) is 22.4 Å². The fourth-order valence-electron chi connectivity index (χ4n) is 3.49. The number of aryl methyl sites for hydroxylation is 1. The van der Waals surface area contributed by atoms with Crippen LogP contribution in [0.2, 0.25) is 0 Å². The molecular formula is C20H17F7N2O2S2. The van der Waals surface area contributed by atoms with Crippen LogP contribution in [0.5, 0.6) is 0 Å². The summed E-state index contributed by atoms with van der Waals surface area (Å²) in [6, 6.07) is 0. The molecule has 0 atom stereocenters. The summed E-state index contributed by atoms with van der Waals surface area (Å²) in [6.07, 6.45) is -1.68. The lowest BCUT2D eigenvalue weighted by atomic mass is 10.1. The first kappa shape index (κ1) is 25.2. The van der Waals surface area contributed by atoms with Crippen LogP contribution in [0.3, 0.4) is 0 Å². The molecule has 2 aromatic rings. The van der Waals surface area contributed by atoms with Gasteiger partial charge in [-0.05, 0) is 50.4 Å². The van der Waals surface area contributed by atoms with Gasteiger partial charge in [-0.1, -0.05) is 6.42 Å². The molecule has 2 N–H and O–H groups in total. The molecule has 1 aromatic heterocycles. The summed E-state index contributed by atoms with van der Waals surface area (Å²) in [7, 11) is 0. The van der Waals surface area contributed by atoms with Crippen LogP contribution in [0.15, 0.2) is 0 Å². The molecule has 0 unspecified atom stereocenters. The van der Waals surface area contributed by atoms with Gasteiger partial charge in [-0.2, -0.15) is 13.2 Å². The highest BCUT2D eigenvalue weighted by atomic mass is 32.1. The van der Waals surface area contributed by atoms with Gasteiger partial charge in [0.15, 0.2) is 28.4 Å². The zero-order chi connectivity index (χ0) is 24.5. The van der Waals surface area contributed by atoms with Crippen molar-refractivity contribution in [1.82, 2.24) is 0 Å². The highest BCUT2D eigenvalue weighted by molar-refractivity contribution is 7.80. The number of nitrogens with one attached hydrogen (secondary N) is 2. The molecule has 1 heterocycles. The molecule has 0 aliphatic heterocycles. The Kier molecular flexibility index (Phi) is 7.52. The molecule has 1 aliphatic carbocycles. The third-order valence-electron chi connectivity index (χ3n) is 4.91. The zero-order valence-corrected chi connectivity index (χ0v) is 18.7. The van der Waals surface area contributed by atoms with E-state index in [1.165, 1.54) is 11.3 Å². The third kappa shape index (κ3) is 5.08. The first-order valence-corrected chi connectivity index (χ1v) is 11.0. The molecule has 1 aromatic carbocycles. The fraction of sp³-hybridized carbons (Fsp3) is 0.400. The summed E-state index contributed by atoms with van der Waals surface area (Å²) in [5.74, 6) is -10.5. The number of alkyl halides is 3. The zero-order valence-electron chi connectivity index (χ0n) is 17.0. The van der Waals surface area contributed by atoms with Gasteiger partial charge in [0.25, 0.3) is 0 Å². The van der Waals surface area contributed by atoms with Crippen LogP contribution in [0.1, 0.15) is 52.5 Å². The minimum Gasteiger partial charge on any atom is -0.462 e. The van der Waals surface area contributed by atoms with Gasteiger partial charge in [-0.3, -0.25) is 0 Å². The highest BCUT2D eigenvalue weighted by Crippen LogP contribution is 2.40. The number of anilines is 2. The molecule has 33 heavy (non-hydrogen) atoms. The maximum Gasteiger partial charge on any atom is 0.422 e. The van der Waals surface area contributed by atoms with Gasteiger partial charge in [0.05, 0.1) is 12.2 Å². The number of fused-ring (bicyclic) bond motifs is 1. The Balaban J connectivity index is 1.94. The van der Waals surface area contributed by atoms with Crippen LogP contribution >= 0.6 is 23.6 Å². The summed E-state index contributed by atoms with van der Waals surface area (Å²) >= 11 is 6.11.